The first-order chi connectivity index (χ1) is 19.8. The molecule has 0 aliphatic heterocycles. The number of hydrogen-bond donors (Lipinski definition) is 3. The first-order valence-corrected chi connectivity index (χ1v) is 13.2. The van der Waals surface area contributed by atoms with Gasteiger partial charge in [-0.1, -0.05) is 6.58 Å². The molecule has 1 amide bonds. The Kier molecular flexibility index (Phi) is 9.85. The van der Waals surface area contributed by atoms with Crippen molar-refractivity contribution in [2.75, 3.05) is 50.2 Å². The normalized spacial score (nSPS) is 10.7. The minimum Gasteiger partial charge on any atom is -0.494 e. The van der Waals surface area contributed by atoms with Crippen molar-refractivity contribution in [3.8, 4) is 28.5 Å². The van der Waals surface area contributed by atoms with E-state index in [-0.39, 0.29) is 5.91 Å². The Morgan fingerprint density at radius 1 is 1.02 bits per heavy atom. The highest BCUT2D eigenvalue weighted by Crippen LogP contribution is 2.36. The maximum absolute atomic E-state index is 12.2. The van der Waals surface area contributed by atoms with Gasteiger partial charge in [-0.25, -0.2) is 9.97 Å². The molecule has 41 heavy (non-hydrogen) atoms. The molecule has 0 spiro atoms. The monoisotopic (exact) mass is 553 g/mol. The summed E-state index contributed by atoms with van der Waals surface area (Å²) in [4.78, 5) is 27.5. The van der Waals surface area contributed by atoms with E-state index < -0.39 is 0 Å². The van der Waals surface area contributed by atoms with Crippen LogP contribution in [0.2, 0.25) is 0 Å². The summed E-state index contributed by atoms with van der Waals surface area (Å²) in [5, 5.41) is 9.49. The van der Waals surface area contributed by atoms with Gasteiger partial charge in [0.2, 0.25) is 11.9 Å². The SMILES string of the molecule is C=CC(=O)Nc1cc(Nc2nccc(-c3ccc(Oc4cncc(C)c4)cc3)n2)c(OC)cc1NCCCN(C)C. The molecule has 0 saturated heterocycles. The zero-order valence-corrected chi connectivity index (χ0v) is 23.8. The van der Waals surface area contributed by atoms with Crippen molar-refractivity contribution in [2.24, 2.45) is 0 Å². The van der Waals surface area contributed by atoms with E-state index in [9.17, 15) is 4.79 Å². The summed E-state index contributed by atoms with van der Waals surface area (Å²) in [6.07, 6.45) is 7.30. The average molecular weight is 554 g/mol. The molecule has 2 aromatic carbocycles. The lowest BCUT2D eigenvalue weighted by Gasteiger charge is -2.18. The molecule has 3 N–H and O–H groups in total. The van der Waals surface area contributed by atoms with E-state index in [0.717, 1.165) is 42.0 Å². The highest BCUT2D eigenvalue weighted by atomic mass is 16.5. The van der Waals surface area contributed by atoms with Gasteiger partial charge >= 0.3 is 0 Å². The fourth-order valence-electron chi connectivity index (χ4n) is 4.01. The lowest BCUT2D eigenvalue weighted by Crippen LogP contribution is -2.17. The number of ether oxygens (including phenoxy) is 2. The Hall–Kier alpha value is -4.96. The zero-order chi connectivity index (χ0) is 29.2. The number of hydrogen-bond acceptors (Lipinski definition) is 9. The van der Waals surface area contributed by atoms with Crippen LogP contribution in [0.1, 0.15) is 12.0 Å². The van der Waals surface area contributed by atoms with Gasteiger partial charge in [-0.3, -0.25) is 9.78 Å². The van der Waals surface area contributed by atoms with Crippen LogP contribution in [0.5, 0.6) is 17.2 Å². The molecule has 4 rings (SSSR count). The lowest BCUT2D eigenvalue weighted by atomic mass is 10.1. The molecule has 0 saturated carbocycles. The fraction of sp³-hybridized carbons (Fsp3) is 0.226. The van der Waals surface area contributed by atoms with Gasteiger partial charge in [0.15, 0.2) is 0 Å². The van der Waals surface area contributed by atoms with Crippen molar-refractivity contribution in [2.45, 2.75) is 13.3 Å². The number of amides is 1. The van der Waals surface area contributed by atoms with Gasteiger partial charge < -0.3 is 30.3 Å². The molecule has 0 aliphatic carbocycles. The third-order valence-corrected chi connectivity index (χ3v) is 6.02. The molecule has 2 heterocycles. The first kappa shape index (κ1) is 29.0. The van der Waals surface area contributed by atoms with Crippen LogP contribution in [0.15, 0.2) is 79.8 Å². The minimum atomic E-state index is -0.318. The summed E-state index contributed by atoms with van der Waals surface area (Å²) in [5.41, 5.74) is 4.56. The number of carbonyl (C=O) groups excluding carboxylic acids is 1. The summed E-state index contributed by atoms with van der Waals surface area (Å²) in [6, 6.07) is 15.0. The predicted octanol–water partition coefficient (Wildman–Crippen LogP) is 5.88. The fourth-order valence-corrected chi connectivity index (χ4v) is 4.01. The van der Waals surface area contributed by atoms with Gasteiger partial charge in [-0.15, -0.1) is 0 Å². The van der Waals surface area contributed by atoms with E-state index in [0.29, 0.717) is 34.6 Å². The molecule has 0 unspecified atom stereocenters. The summed E-state index contributed by atoms with van der Waals surface area (Å²) < 4.78 is 11.6. The van der Waals surface area contributed by atoms with Crippen LogP contribution in [0, 0.1) is 6.92 Å². The summed E-state index contributed by atoms with van der Waals surface area (Å²) in [6.45, 7) is 7.19. The molecule has 0 radical (unpaired) electrons. The van der Waals surface area contributed by atoms with Gasteiger partial charge in [0.05, 0.1) is 36.1 Å². The Balaban J connectivity index is 1.54. The van der Waals surface area contributed by atoms with E-state index in [1.807, 2.05) is 63.5 Å². The number of carbonyl (C=O) groups is 1. The minimum absolute atomic E-state index is 0.318. The number of pyridine rings is 1. The number of nitrogens with one attached hydrogen (secondary N) is 3. The Bertz CT molecular complexity index is 1490. The predicted molar refractivity (Wildman–Crippen MR) is 163 cm³/mol. The summed E-state index contributed by atoms with van der Waals surface area (Å²) in [7, 11) is 5.65. The van der Waals surface area contributed by atoms with Crippen molar-refractivity contribution >= 4 is 28.9 Å². The summed E-state index contributed by atoms with van der Waals surface area (Å²) >= 11 is 0. The van der Waals surface area contributed by atoms with Crippen LogP contribution >= 0.6 is 0 Å². The highest BCUT2D eigenvalue weighted by Gasteiger charge is 2.14. The van der Waals surface area contributed by atoms with Crippen molar-refractivity contribution in [3.63, 3.8) is 0 Å². The summed E-state index contributed by atoms with van der Waals surface area (Å²) in [5.74, 6) is 2.00. The second-order valence-corrected chi connectivity index (χ2v) is 9.59. The quantitative estimate of drug-likeness (QED) is 0.138. The zero-order valence-electron chi connectivity index (χ0n) is 23.8. The van der Waals surface area contributed by atoms with Crippen LogP contribution in [-0.2, 0) is 4.79 Å². The van der Waals surface area contributed by atoms with Crippen molar-refractivity contribution in [1.82, 2.24) is 19.9 Å². The maximum Gasteiger partial charge on any atom is 0.247 e. The second-order valence-electron chi connectivity index (χ2n) is 9.59. The third-order valence-electron chi connectivity index (χ3n) is 6.02. The Labute approximate surface area is 240 Å². The number of nitrogens with zero attached hydrogens (tertiary/aromatic N) is 4. The Morgan fingerprint density at radius 3 is 2.54 bits per heavy atom. The average Bonchev–Trinajstić information content (AvgIpc) is 2.96. The van der Waals surface area contributed by atoms with E-state index in [1.165, 1.54) is 6.08 Å². The van der Waals surface area contributed by atoms with Gasteiger partial charge in [0, 0.05) is 30.6 Å². The molecule has 0 atom stereocenters. The number of rotatable bonds is 13. The van der Waals surface area contributed by atoms with E-state index in [1.54, 1.807) is 31.8 Å². The van der Waals surface area contributed by atoms with Crippen LogP contribution < -0.4 is 25.4 Å². The smallest absolute Gasteiger partial charge is 0.247 e. The molecule has 212 valence electrons. The van der Waals surface area contributed by atoms with Gasteiger partial charge in [-0.2, -0.15) is 0 Å². The standard InChI is InChI=1S/C31H35N7O3/c1-6-30(39)35-27-17-28(29(40-5)18-26(27)33-13-7-15-38(3)4)37-31-34-14-12-25(36-31)22-8-10-23(11-9-22)41-24-16-21(2)19-32-20-24/h6,8-12,14,16-20,33H,1,7,13,15H2,2-5H3,(H,35,39)(H,34,36,37). The number of aromatic nitrogens is 3. The highest BCUT2D eigenvalue weighted by molar-refractivity contribution is 6.02. The molecule has 0 fully saturated rings. The van der Waals surface area contributed by atoms with Crippen LogP contribution in [0.4, 0.5) is 23.0 Å². The molecule has 2 aromatic heterocycles. The van der Waals surface area contributed by atoms with E-state index >= 15 is 0 Å². The van der Waals surface area contributed by atoms with Crippen molar-refractivity contribution < 1.29 is 14.3 Å². The van der Waals surface area contributed by atoms with Crippen molar-refractivity contribution in [3.05, 3.63) is 85.3 Å². The number of aryl methyl sites for hydroxylation is 1. The number of methoxy groups -OCH3 is 1. The molecule has 0 bridgehead atoms. The molecule has 4 aromatic rings. The molecule has 0 aliphatic rings. The van der Waals surface area contributed by atoms with Gasteiger partial charge in [0.1, 0.15) is 17.2 Å². The Morgan fingerprint density at radius 2 is 1.83 bits per heavy atom. The lowest BCUT2D eigenvalue weighted by molar-refractivity contribution is -0.111. The molecular formula is C31H35N7O3. The largest absolute Gasteiger partial charge is 0.494 e. The van der Waals surface area contributed by atoms with Gasteiger partial charge in [-0.05, 0) is 88.1 Å². The van der Waals surface area contributed by atoms with E-state index in [4.69, 9.17) is 14.5 Å². The van der Waals surface area contributed by atoms with Gasteiger partial charge in [0.25, 0.3) is 0 Å². The molecular weight excluding hydrogens is 518 g/mol. The maximum atomic E-state index is 12.2. The first-order valence-electron chi connectivity index (χ1n) is 13.2. The van der Waals surface area contributed by atoms with Crippen molar-refractivity contribution in [1.29, 1.82) is 0 Å². The topological polar surface area (TPSA) is 114 Å². The number of anilines is 4. The number of benzene rings is 2. The van der Waals surface area contributed by atoms with Crippen LogP contribution in [0.3, 0.4) is 0 Å². The molecule has 10 heteroatoms. The second kappa shape index (κ2) is 13.9. The third kappa shape index (κ3) is 8.26. The van der Waals surface area contributed by atoms with Crippen LogP contribution in [0.25, 0.3) is 11.3 Å². The van der Waals surface area contributed by atoms with E-state index in [2.05, 4.69) is 37.4 Å². The molecule has 10 nitrogen and oxygen atoms in total. The van der Waals surface area contributed by atoms with Crippen LogP contribution in [-0.4, -0.2) is 60.1 Å².